The Morgan fingerprint density at radius 2 is 0.776 bits per heavy atom. The van der Waals surface area contributed by atoms with Gasteiger partial charge in [-0.1, -0.05) is 127 Å². The molecule has 4 heteroatoms. The standard InChI is InChI=1S/C45H27N3O/c1-2-10-31(11-3-1)43-46-44(35-19-17-30-16-15-29-9-6-7-13-37(29)40(30)25-35)48-45(47-43)36-21-23-39-38-22-20-34(26-41(38)49-42(39)27-36)33-18-14-28-8-4-5-12-32(28)24-33/h1-27H. The molecule has 2 aromatic heterocycles. The second-order valence-corrected chi connectivity index (χ2v) is 12.5. The van der Waals surface area contributed by atoms with Gasteiger partial charge in [0.15, 0.2) is 17.5 Å². The number of fused-ring (bicyclic) bond motifs is 7. The Balaban J connectivity index is 1.10. The number of furan rings is 1. The molecule has 8 aromatic carbocycles. The minimum Gasteiger partial charge on any atom is -0.456 e. The number of hydrogen-bond donors (Lipinski definition) is 0. The summed E-state index contributed by atoms with van der Waals surface area (Å²) in [6.07, 6.45) is 0. The van der Waals surface area contributed by atoms with Gasteiger partial charge in [0.05, 0.1) is 0 Å². The monoisotopic (exact) mass is 625 g/mol. The van der Waals surface area contributed by atoms with Crippen LogP contribution in [-0.4, -0.2) is 15.0 Å². The molecule has 0 saturated carbocycles. The lowest BCUT2D eigenvalue weighted by molar-refractivity contribution is 0.669. The summed E-state index contributed by atoms with van der Waals surface area (Å²) in [4.78, 5) is 15.0. The van der Waals surface area contributed by atoms with Gasteiger partial charge in [-0.2, -0.15) is 0 Å². The Bertz CT molecular complexity index is 2890. The van der Waals surface area contributed by atoms with Crippen molar-refractivity contribution in [2.75, 3.05) is 0 Å². The molecule has 4 nitrogen and oxygen atoms in total. The maximum absolute atomic E-state index is 6.51. The van der Waals surface area contributed by atoms with Crippen LogP contribution < -0.4 is 0 Å². The Labute approximate surface area is 282 Å². The predicted octanol–water partition coefficient (Wildman–Crippen LogP) is 11.9. The largest absolute Gasteiger partial charge is 0.456 e. The van der Waals surface area contributed by atoms with Gasteiger partial charge in [0.25, 0.3) is 0 Å². The highest BCUT2D eigenvalue weighted by molar-refractivity contribution is 6.09. The zero-order valence-electron chi connectivity index (χ0n) is 26.3. The zero-order valence-corrected chi connectivity index (χ0v) is 26.3. The normalized spacial score (nSPS) is 11.7. The fraction of sp³-hybridized carbons (Fsp3) is 0. The van der Waals surface area contributed by atoms with Gasteiger partial charge in [-0.3, -0.25) is 0 Å². The van der Waals surface area contributed by atoms with E-state index in [4.69, 9.17) is 19.4 Å². The van der Waals surface area contributed by atoms with E-state index >= 15 is 0 Å². The van der Waals surface area contributed by atoms with Crippen LogP contribution in [0.5, 0.6) is 0 Å². The fourth-order valence-corrected chi connectivity index (χ4v) is 6.96. The molecule has 0 saturated heterocycles. The van der Waals surface area contributed by atoms with Crippen molar-refractivity contribution in [1.29, 1.82) is 0 Å². The Kier molecular flexibility index (Phi) is 6.15. The molecule has 0 bridgehead atoms. The summed E-state index contributed by atoms with van der Waals surface area (Å²) < 4.78 is 6.51. The van der Waals surface area contributed by atoms with Crippen molar-refractivity contribution in [3.8, 4) is 45.3 Å². The van der Waals surface area contributed by atoms with Gasteiger partial charge in [0.2, 0.25) is 0 Å². The average Bonchev–Trinajstić information content (AvgIpc) is 3.55. The topological polar surface area (TPSA) is 51.8 Å². The molecule has 0 N–H and O–H groups in total. The van der Waals surface area contributed by atoms with Gasteiger partial charge < -0.3 is 4.42 Å². The molecule has 10 rings (SSSR count). The third kappa shape index (κ3) is 4.73. The highest BCUT2D eigenvalue weighted by Crippen LogP contribution is 2.36. The van der Waals surface area contributed by atoms with Crippen molar-refractivity contribution in [1.82, 2.24) is 15.0 Å². The first-order chi connectivity index (χ1) is 24.2. The van der Waals surface area contributed by atoms with E-state index in [0.717, 1.165) is 49.8 Å². The quantitative estimate of drug-likeness (QED) is 0.183. The molecule has 0 aliphatic heterocycles. The van der Waals surface area contributed by atoms with Gasteiger partial charge >= 0.3 is 0 Å². The van der Waals surface area contributed by atoms with E-state index in [9.17, 15) is 0 Å². The maximum Gasteiger partial charge on any atom is 0.164 e. The number of nitrogens with zero attached hydrogens (tertiary/aromatic N) is 3. The molecule has 0 aliphatic rings. The second kappa shape index (κ2) is 11.0. The smallest absolute Gasteiger partial charge is 0.164 e. The summed E-state index contributed by atoms with van der Waals surface area (Å²) in [5.41, 5.74) is 6.67. The number of aromatic nitrogens is 3. The van der Waals surface area contributed by atoms with Crippen LogP contribution in [0.15, 0.2) is 168 Å². The first-order valence-electron chi connectivity index (χ1n) is 16.4. The van der Waals surface area contributed by atoms with Gasteiger partial charge in [0, 0.05) is 27.5 Å². The summed E-state index contributed by atoms with van der Waals surface area (Å²) in [5.74, 6) is 1.85. The molecule has 228 valence electrons. The SMILES string of the molecule is c1ccc(-c2nc(-c3ccc4c(c3)oc3cc(-c5ccc6ccccc6c5)ccc34)nc(-c3ccc4ccc5ccccc5c4c3)n2)cc1. The number of rotatable bonds is 4. The van der Waals surface area contributed by atoms with E-state index < -0.39 is 0 Å². The van der Waals surface area contributed by atoms with Crippen LogP contribution in [0.2, 0.25) is 0 Å². The third-order valence-electron chi connectivity index (χ3n) is 9.49. The van der Waals surface area contributed by atoms with Crippen LogP contribution >= 0.6 is 0 Å². The molecule has 0 amide bonds. The first kappa shape index (κ1) is 27.5. The molecule has 0 aliphatic carbocycles. The molecule has 10 aromatic rings. The van der Waals surface area contributed by atoms with E-state index in [0.29, 0.717) is 17.5 Å². The molecule has 0 radical (unpaired) electrons. The van der Waals surface area contributed by atoms with Crippen molar-refractivity contribution in [3.05, 3.63) is 164 Å². The maximum atomic E-state index is 6.51. The average molecular weight is 626 g/mol. The molecule has 0 unspecified atom stereocenters. The summed E-state index contributed by atoms with van der Waals surface area (Å²) in [6, 6.07) is 57.1. The van der Waals surface area contributed by atoms with Crippen LogP contribution in [0.25, 0.3) is 99.5 Å². The van der Waals surface area contributed by atoms with Gasteiger partial charge in [-0.25, -0.2) is 15.0 Å². The van der Waals surface area contributed by atoms with Crippen LogP contribution in [0, 0.1) is 0 Å². The van der Waals surface area contributed by atoms with Gasteiger partial charge in [-0.05, 0) is 79.8 Å². The Morgan fingerprint density at radius 3 is 1.55 bits per heavy atom. The number of benzene rings is 8. The molecule has 0 spiro atoms. The summed E-state index contributed by atoms with van der Waals surface area (Å²) in [6.45, 7) is 0. The number of hydrogen-bond acceptors (Lipinski definition) is 4. The highest BCUT2D eigenvalue weighted by Gasteiger charge is 2.16. The van der Waals surface area contributed by atoms with Crippen LogP contribution in [-0.2, 0) is 0 Å². The summed E-state index contributed by atoms with van der Waals surface area (Å²) >= 11 is 0. The lowest BCUT2D eigenvalue weighted by Crippen LogP contribution is -2.00. The summed E-state index contributed by atoms with van der Waals surface area (Å²) in [5, 5.41) is 9.35. The predicted molar refractivity (Wildman–Crippen MR) is 201 cm³/mol. The Hall–Kier alpha value is -6.65. The zero-order chi connectivity index (χ0) is 32.3. The van der Waals surface area contributed by atoms with Crippen molar-refractivity contribution in [3.63, 3.8) is 0 Å². The highest BCUT2D eigenvalue weighted by atomic mass is 16.3. The third-order valence-corrected chi connectivity index (χ3v) is 9.49. The molecule has 2 heterocycles. The fourth-order valence-electron chi connectivity index (χ4n) is 6.96. The van der Waals surface area contributed by atoms with Gasteiger partial charge in [-0.15, -0.1) is 0 Å². The van der Waals surface area contributed by atoms with Crippen molar-refractivity contribution < 1.29 is 4.42 Å². The van der Waals surface area contributed by atoms with E-state index in [2.05, 4.69) is 127 Å². The van der Waals surface area contributed by atoms with Crippen LogP contribution in [0.1, 0.15) is 0 Å². The van der Waals surface area contributed by atoms with E-state index in [1.54, 1.807) is 0 Å². The second-order valence-electron chi connectivity index (χ2n) is 12.5. The molecule has 0 fully saturated rings. The minimum atomic E-state index is 0.598. The van der Waals surface area contributed by atoms with Crippen molar-refractivity contribution in [2.24, 2.45) is 0 Å². The summed E-state index contributed by atoms with van der Waals surface area (Å²) in [7, 11) is 0. The van der Waals surface area contributed by atoms with Crippen molar-refractivity contribution in [2.45, 2.75) is 0 Å². The lowest BCUT2D eigenvalue weighted by atomic mass is 9.99. The molecule has 49 heavy (non-hydrogen) atoms. The minimum absolute atomic E-state index is 0.598. The van der Waals surface area contributed by atoms with E-state index in [-0.39, 0.29) is 0 Å². The van der Waals surface area contributed by atoms with Crippen LogP contribution in [0.3, 0.4) is 0 Å². The molecular formula is C45H27N3O. The van der Waals surface area contributed by atoms with E-state index in [1.165, 1.54) is 32.3 Å². The molecule has 0 atom stereocenters. The van der Waals surface area contributed by atoms with E-state index in [1.807, 2.05) is 36.4 Å². The Morgan fingerprint density at radius 1 is 0.286 bits per heavy atom. The van der Waals surface area contributed by atoms with Crippen molar-refractivity contribution >= 4 is 54.3 Å². The van der Waals surface area contributed by atoms with Gasteiger partial charge in [0.1, 0.15) is 11.2 Å². The first-order valence-corrected chi connectivity index (χ1v) is 16.4. The molecular weight excluding hydrogens is 599 g/mol. The lowest BCUT2D eigenvalue weighted by Gasteiger charge is -2.10. The van der Waals surface area contributed by atoms with Crippen LogP contribution in [0.4, 0.5) is 0 Å².